The van der Waals surface area contributed by atoms with E-state index in [1.807, 2.05) is 30.7 Å². The van der Waals surface area contributed by atoms with Crippen LogP contribution in [0.25, 0.3) is 5.69 Å². The number of nitrogens with zero attached hydrogens (tertiary/aromatic N) is 3. The van der Waals surface area contributed by atoms with Crippen LogP contribution in [0.15, 0.2) is 54.6 Å². The highest BCUT2D eigenvalue weighted by atomic mass is 16.5. The average Bonchev–Trinajstić information content (AvgIpc) is 3.12. The first-order chi connectivity index (χ1) is 14.6. The van der Waals surface area contributed by atoms with Gasteiger partial charge in [0.05, 0.1) is 24.6 Å². The Morgan fingerprint density at radius 3 is 2.30 bits per heavy atom. The maximum atomic E-state index is 12.4. The monoisotopic (exact) mass is 404 g/mol. The van der Waals surface area contributed by atoms with Gasteiger partial charge in [-0.2, -0.15) is 5.10 Å². The molecule has 0 spiro atoms. The third-order valence-corrected chi connectivity index (χ3v) is 5.36. The molecule has 0 unspecified atom stereocenters. The fraction of sp³-hybridized carbons (Fsp3) is 0.333. The Kier molecular flexibility index (Phi) is 6.14. The second kappa shape index (κ2) is 9.13. The molecule has 3 aromatic rings. The lowest BCUT2D eigenvalue weighted by molar-refractivity contribution is -0.116. The second-order valence-electron chi connectivity index (χ2n) is 7.70. The Balaban J connectivity index is 1.28. The van der Waals surface area contributed by atoms with Crippen molar-refractivity contribution < 1.29 is 9.53 Å². The van der Waals surface area contributed by atoms with Crippen LogP contribution in [-0.2, 0) is 16.0 Å². The van der Waals surface area contributed by atoms with E-state index in [1.165, 1.54) is 5.69 Å². The molecule has 2 heterocycles. The summed E-state index contributed by atoms with van der Waals surface area (Å²) in [5.41, 5.74) is 6.29. The smallest absolute Gasteiger partial charge is 0.224 e. The van der Waals surface area contributed by atoms with Gasteiger partial charge in [0.15, 0.2) is 0 Å². The summed E-state index contributed by atoms with van der Waals surface area (Å²) < 4.78 is 7.33. The molecule has 0 atom stereocenters. The molecule has 0 saturated carbocycles. The number of nitrogens with one attached hydrogen (secondary N) is 1. The van der Waals surface area contributed by atoms with Gasteiger partial charge in [-0.3, -0.25) is 4.79 Å². The minimum Gasteiger partial charge on any atom is -0.378 e. The minimum atomic E-state index is 0.0248. The third kappa shape index (κ3) is 4.89. The minimum absolute atomic E-state index is 0.0248. The summed E-state index contributed by atoms with van der Waals surface area (Å²) in [5, 5.41) is 7.50. The molecule has 1 fully saturated rings. The van der Waals surface area contributed by atoms with Crippen molar-refractivity contribution in [2.75, 3.05) is 36.5 Å². The predicted molar refractivity (Wildman–Crippen MR) is 119 cm³/mol. The number of hydrogen-bond acceptors (Lipinski definition) is 4. The quantitative estimate of drug-likeness (QED) is 0.677. The SMILES string of the molecule is Cc1cc(C)n(-c2ccc(CCC(=O)Nc3ccc(N4CCOCC4)cc3)cc2)n1. The average molecular weight is 405 g/mol. The first kappa shape index (κ1) is 20.2. The molecule has 0 radical (unpaired) electrons. The van der Waals surface area contributed by atoms with E-state index in [9.17, 15) is 4.79 Å². The number of morpholine rings is 1. The molecule has 156 valence electrons. The molecule has 30 heavy (non-hydrogen) atoms. The van der Waals surface area contributed by atoms with Gasteiger partial charge in [-0.05, 0) is 68.3 Å². The van der Waals surface area contributed by atoms with E-state index < -0.39 is 0 Å². The Bertz CT molecular complexity index is 987. The van der Waals surface area contributed by atoms with E-state index >= 15 is 0 Å². The summed E-state index contributed by atoms with van der Waals surface area (Å²) in [5.74, 6) is 0.0248. The number of carbonyl (C=O) groups is 1. The van der Waals surface area contributed by atoms with E-state index in [0.29, 0.717) is 12.8 Å². The van der Waals surface area contributed by atoms with Crippen molar-refractivity contribution in [3.8, 4) is 5.69 Å². The number of amides is 1. The van der Waals surface area contributed by atoms with E-state index in [1.54, 1.807) is 0 Å². The standard InChI is InChI=1S/C24H28N4O2/c1-18-17-19(2)28(26-18)23-8-3-20(4-9-23)5-12-24(29)25-21-6-10-22(11-7-21)27-13-15-30-16-14-27/h3-4,6-11,17H,5,12-16H2,1-2H3,(H,25,29). The van der Waals surface area contributed by atoms with Crippen LogP contribution in [0.1, 0.15) is 23.4 Å². The Morgan fingerprint density at radius 1 is 1.00 bits per heavy atom. The van der Waals surface area contributed by atoms with Gasteiger partial charge in [0.25, 0.3) is 0 Å². The summed E-state index contributed by atoms with van der Waals surface area (Å²) in [6.07, 6.45) is 1.15. The van der Waals surface area contributed by atoms with Crippen LogP contribution in [0, 0.1) is 13.8 Å². The highest BCUT2D eigenvalue weighted by molar-refractivity contribution is 5.91. The summed E-state index contributed by atoms with van der Waals surface area (Å²) >= 11 is 0. The van der Waals surface area contributed by atoms with Crippen LogP contribution >= 0.6 is 0 Å². The molecule has 1 amide bonds. The molecule has 6 heteroatoms. The molecule has 0 aliphatic carbocycles. The largest absolute Gasteiger partial charge is 0.378 e. The Labute approximate surface area is 177 Å². The van der Waals surface area contributed by atoms with E-state index in [4.69, 9.17) is 4.74 Å². The molecule has 1 aliphatic heterocycles. The van der Waals surface area contributed by atoms with Gasteiger partial charge in [0.1, 0.15) is 0 Å². The second-order valence-corrected chi connectivity index (χ2v) is 7.70. The van der Waals surface area contributed by atoms with E-state index in [0.717, 1.165) is 54.6 Å². The van der Waals surface area contributed by atoms with Gasteiger partial charge in [-0.15, -0.1) is 0 Å². The zero-order valence-electron chi connectivity index (χ0n) is 17.6. The molecule has 1 N–H and O–H groups in total. The number of rotatable bonds is 6. The van der Waals surface area contributed by atoms with Gasteiger partial charge in [-0.25, -0.2) is 4.68 Å². The molecule has 1 aromatic heterocycles. The number of hydrogen-bond donors (Lipinski definition) is 1. The van der Waals surface area contributed by atoms with Crippen molar-refractivity contribution in [2.45, 2.75) is 26.7 Å². The Morgan fingerprint density at radius 2 is 1.67 bits per heavy atom. The summed E-state index contributed by atoms with van der Waals surface area (Å²) in [6.45, 7) is 7.38. The van der Waals surface area contributed by atoms with Crippen LogP contribution in [0.5, 0.6) is 0 Å². The van der Waals surface area contributed by atoms with Crippen LogP contribution < -0.4 is 10.2 Å². The normalized spacial score (nSPS) is 14.0. The molecule has 1 aliphatic rings. The van der Waals surface area contributed by atoms with E-state index in [-0.39, 0.29) is 5.91 Å². The lowest BCUT2D eigenvalue weighted by atomic mass is 10.1. The highest BCUT2D eigenvalue weighted by Gasteiger charge is 2.11. The molecule has 0 bridgehead atoms. The van der Waals surface area contributed by atoms with Crippen molar-refractivity contribution in [3.05, 3.63) is 71.5 Å². The van der Waals surface area contributed by atoms with Gasteiger partial charge in [-0.1, -0.05) is 12.1 Å². The number of benzene rings is 2. The molecule has 1 saturated heterocycles. The first-order valence-electron chi connectivity index (χ1n) is 10.4. The topological polar surface area (TPSA) is 59.4 Å². The highest BCUT2D eigenvalue weighted by Crippen LogP contribution is 2.19. The van der Waals surface area contributed by atoms with Gasteiger partial charge in [0, 0.05) is 36.6 Å². The lowest BCUT2D eigenvalue weighted by Gasteiger charge is -2.28. The number of ether oxygens (including phenoxy) is 1. The maximum Gasteiger partial charge on any atom is 0.224 e. The number of aromatic nitrogens is 2. The van der Waals surface area contributed by atoms with Crippen LogP contribution in [0.3, 0.4) is 0 Å². The van der Waals surface area contributed by atoms with Crippen molar-refractivity contribution in [1.82, 2.24) is 9.78 Å². The zero-order chi connectivity index (χ0) is 20.9. The van der Waals surface area contributed by atoms with E-state index in [2.05, 4.69) is 57.8 Å². The first-order valence-corrected chi connectivity index (χ1v) is 10.4. The molecular weight excluding hydrogens is 376 g/mol. The van der Waals surface area contributed by atoms with Gasteiger partial charge < -0.3 is 15.0 Å². The predicted octanol–water partition coefficient (Wildman–Crippen LogP) is 3.90. The number of carbonyl (C=O) groups excluding carboxylic acids is 1. The molecule has 2 aromatic carbocycles. The van der Waals surface area contributed by atoms with Crippen molar-refractivity contribution >= 4 is 17.3 Å². The van der Waals surface area contributed by atoms with Crippen molar-refractivity contribution in [3.63, 3.8) is 0 Å². The zero-order valence-corrected chi connectivity index (χ0v) is 17.6. The summed E-state index contributed by atoms with van der Waals surface area (Å²) in [4.78, 5) is 14.7. The fourth-order valence-electron chi connectivity index (χ4n) is 3.75. The van der Waals surface area contributed by atoms with Crippen LogP contribution in [-0.4, -0.2) is 42.0 Å². The maximum absolute atomic E-state index is 12.4. The van der Waals surface area contributed by atoms with Crippen molar-refractivity contribution in [2.24, 2.45) is 0 Å². The third-order valence-electron chi connectivity index (χ3n) is 5.36. The van der Waals surface area contributed by atoms with Crippen molar-refractivity contribution in [1.29, 1.82) is 0 Å². The van der Waals surface area contributed by atoms with Crippen LogP contribution in [0.4, 0.5) is 11.4 Å². The molecular formula is C24H28N4O2. The molecule has 4 rings (SSSR count). The van der Waals surface area contributed by atoms with Gasteiger partial charge in [0.2, 0.25) is 5.91 Å². The molecule has 6 nitrogen and oxygen atoms in total. The fourth-order valence-corrected chi connectivity index (χ4v) is 3.75. The van der Waals surface area contributed by atoms with Gasteiger partial charge >= 0.3 is 0 Å². The number of anilines is 2. The number of aryl methyl sites for hydroxylation is 3. The Hall–Kier alpha value is -3.12. The summed E-state index contributed by atoms with van der Waals surface area (Å²) in [6, 6.07) is 18.3. The summed E-state index contributed by atoms with van der Waals surface area (Å²) in [7, 11) is 0. The lowest BCUT2D eigenvalue weighted by Crippen LogP contribution is -2.36. The van der Waals surface area contributed by atoms with Crippen LogP contribution in [0.2, 0.25) is 0 Å².